The maximum Gasteiger partial charge on any atom is 0.291 e. The van der Waals surface area contributed by atoms with Gasteiger partial charge in [0.05, 0.1) is 12.6 Å². The number of nitrogens with zero attached hydrogens (tertiary/aromatic N) is 1. The number of ether oxygens (including phenoxy) is 1. The molecule has 1 atom stereocenters. The third kappa shape index (κ3) is 6.43. The monoisotopic (exact) mass is 290 g/mol. The molecule has 0 unspecified atom stereocenters. The highest BCUT2D eigenvalue weighted by molar-refractivity contribution is 6.04. The van der Waals surface area contributed by atoms with Gasteiger partial charge < -0.3 is 4.74 Å². The maximum absolute atomic E-state index is 12.2. The molecule has 4 heteroatoms. The standard InChI is InChI=1S/C17H26N2O2/c1-6-14(5)18-17(21-11-12(2)3)19-16(20)15-9-7-8-13(4)10-15/h7-10,12,14H,6,11H2,1-5H3,(H,18,19,20)/t14-/m0/s1. The summed E-state index contributed by atoms with van der Waals surface area (Å²) in [6.07, 6.45) is 0.898. The minimum atomic E-state index is -0.190. The van der Waals surface area contributed by atoms with Gasteiger partial charge in [0.15, 0.2) is 0 Å². The Kier molecular flexibility index (Phi) is 6.92. The van der Waals surface area contributed by atoms with E-state index in [-0.39, 0.29) is 11.9 Å². The van der Waals surface area contributed by atoms with Crippen molar-refractivity contribution in [3.05, 3.63) is 35.4 Å². The van der Waals surface area contributed by atoms with Gasteiger partial charge >= 0.3 is 0 Å². The Hall–Kier alpha value is -1.84. The van der Waals surface area contributed by atoms with Gasteiger partial charge in [-0.05, 0) is 38.3 Å². The first-order valence-corrected chi connectivity index (χ1v) is 7.51. The van der Waals surface area contributed by atoms with E-state index < -0.39 is 0 Å². The fourth-order valence-electron chi connectivity index (χ4n) is 1.60. The van der Waals surface area contributed by atoms with Crippen LogP contribution in [0.4, 0.5) is 0 Å². The van der Waals surface area contributed by atoms with Gasteiger partial charge in [0.2, 0.25) is 0 Å². The van der Waals surface area contributed by atoms with Gasteiger partial charge in [0.25, 0.3) is 11.9 Å². The summed E-state index contributed by atoms with van der Waals surface area (Å²) in [5.41, 5.74) is 1.66. The molecule has 116 valence electrons. The van der Waals surface area contributed by atoms with E-state index in [1.807, 2.05) is 32.0 Å². The molecule has 21 heavy (non-hydrogen) atoms. The summed E-state index contributed by atoms with van der Waals surface area (Å²) in [5.74, 6) is 0.188. The third-order valence-corrected chi connectivity index (χ3v) is 2.98. The highest BCUT2D eigenvalue weighted by Gasteiger charge is 2.12. The number of nitrogens with one attached hydrogen (secondary N) is 1. The summed E-state index contributed by atoms with van der Waals surface area (Å²) in [5, 5.41) is 2.77. The van der Waals surface area contributed by atoms with Gasteiger partial charge in [0.1, 0.15) is 0 Å². The predicted molar refractivity (Wildman–Crippen MR) is 86.6 cm³/mol. The Balaban J connectivity index is 2.80. The molecular formula is C17H26N2O2. The van der Waals surface area contributed by atoms with Crippen LogP contribution in [0.1, 0.15) is 50.0 Å². The van der Waals surface area contributed by atoms with Crippen LogP contribution in [0.25, 0.3) is 0 Å². The lowest BCUT2D eigenvalue weighted by Gasteiger charge is -2.14. The topological polar surface area (TPSA) is 50.7 Å². The molecule has 0 spiro atoms. The fourth-order valence-corrected chi connectivity index (χ4v) is 1.60. The van der Waals surface area contributed by atoms with Gasteiger partial charge in [-0.3, -0.25) is 10.1 Å². The summed E-state index contributed by atoms with van der Waals surface area (Å²) < 4.78 is 5.62. The van der Waals surface area contributed by atoms with Crippen LogP contribution in [0.5, 0.6) is 0 Å². The third-order valence-electron chi connectivity index (χ3n) is 2.98. The first-order valence-electron chi connectivity index (χ1n) is 7.51. The number of hydrogen-bond acceptors (Lipinski definition) is 3. The first-order chi connectivity index (χ1) is 9.92. The van der Waals surface area contributed by atoms with Crippen LogP contribution in [0, 0.1) is 12.8 Å². The zero-order valence-corrected chi connectivity index (χ0v) is 13.6. The lowest BCUT2D eigenvalue weighted by molar-refractivity contribution is 0.0963. The minimum absolute atomic E-state index is 0.116. The zero-order valence-electron chi connectivity index (χ0n) is 13.6. The van der Waals surface area contributed by atoms with Crippen molar-refractivity contribution in [2.24, 2.45) is 10.9 Å². The van der Waals surface area contributed by atoms with Crippen LogP contribution in [0.2, 0.25) is 0 Å². The molecular weight excluding hydrogens is 264 g/mol. The smallest absolute Gasteiger partial charge is 0.291 e. The van der Waals surface area contributed by atoms with Gasteiger partial charge in [0, 0.05) is 5.56 Å². The normalized spacial score (nSPS) is 13.1. The Morgan fingerprint density at radius 3 is 2.62 bits per heavy atom. The molecule has 0 aliphatic carbocycles. The summed E-state index contributed by atoms with van der Waals surface area (Å²) in [6.45, 7) is 10.7. The van der Waals surface area contributed by atoms with E-state index in [4.69, 9.17) is 4.74 Å². The van der Waals surface area contributed by atoms with E-state index in [1.54, 1.807) is 6.07 Å². The lowest BCUT2D eigenvalue weighted by atomic mass is 10.1. The van der Waals surface area contributed by atoms with Crippen molar-refractivity contribution in [2.75, 3.05) is 6.61 Å². The highest BCUT2D eigenvalue weighted by atomic mass is 16.5. The Morgan fingerprint density at radius 2 is 2.05 bits per heavy atom. The Labute approximate surface area is 127 Å². The number of amides is 1. The molecule has 4 nitrogen and oxygen atoms in total. The van der Waals surface area contributed by atoms with Gasteiger partial charge in [-0.2, -0.15) is 0 Å². The molecule has 0 aliphatic heterocycles. The summed E-state index contributed by atoms with van der Waals surface area (Å²) in [7, 11) is 0. The number of carbonyl (C=O) groups is 1. The largest absolute Gasteiger partial charge is 0.465 e. The molecule has 0 saturated heterocycles. The second-order valence-electron chi connectivity index (χ2n) is 5.72. The Morgan fingerprint density at radius 1 is 1.33 bits per heavy atom. The lowest BCUT2D eigenvalue weighted by Crippen LogP contribution is -2.34. The quantitative estimate of drug-likeness (QED) is 0.666. The molecule has 1 amide bonds. The molecule has 1 rings (SSSR count). The molecule has 1 aromatic carbocycles. The average Bonchev–Trinajstić information content (AvgIpc) is 2.44. The molecule has 0 radical (unpaired) electrons. The number of aryl methyl sites for hydroxylation is 1. The van der Waals surface area contributed by atoms with Crippen molar-refractivity contribution in [3.8, 4) is 0 Å². The van der Waals surface area contributed by atoms with E-state index in [9.17, 15) is 4.79 Å². The van der Waals surface area contributed by atoms with Gasteiger partial charge in [-0.1, -0.05) is 38.5 Å². The first kappa shape index (κ1) is 17.2. The molecule has 0 saturated carbocycles. The second kappa shape index (κ2) is 8.45. The molecule has 0 heterocycles. The van der Waals surface area contributed by atoms with Crippen molar-refractivity contribution in [1.82, 2.24) is 5.32 Å². The van der Waals surface area contributed by atoms with Crippen molar-refractivity contribution in [3.63, 3.8) is 0 Å². The van der Waals surface area contributed by atoms with Crippen molar-refractivity contribution in [1.29, 1.82) is 0 Å². The van der Waals surface area contributed by atoms with E-state index in [1.165, 1.54) is 0 Å². The van der Waals surface area contributed by atoms with Crippen LogP contribution < -0.4 is 5.32 Å². The van der Waals surface area contributed by atoms with Crippen LogP contribution in [0.3, 0.4) is 0 Å². The Bertz CT molecular complexity index is 495. The van der Waals surface area contributed by atoms with E-state index >= 15 is 0 Å². The van der Waals surface area contributed by atoms with E-state index in [0.29, 0.717) is 24.1 Å². The molecule has 0 bridgehead atoms. The molecule has 0 fully saturated rings. The number of amidine groups is 1. The van der Waals surface area contributed by atoms with Crippen LogP contribution in [-0.2, 0) is 4.74 Å². The number of carbonyl (C=O) groups excluding carboxylic acids is 1. The van der Waals surface area contributed by atoms with Crippen LogP contribution >= 0.6 is 0 Å². The maximum atomic E-state index is 12.2. The second-order valence-corrected chi connectivity index (χ2v) is 5.72. The number of benzene rings is 1. The zero-order chi connectivity index (χ0) is 15.8. The SMILES string of the molecule is CC[C@H](C)N=C(NC(=O)c1cccc(C)c1)OCC(C)C. The van der Waals surface area contributed by atoms with Crippen LogP contribution in [0.15, 0.2) is 29.3 Å². The number of rotatable bonds is 5. The van der Waals surface area contributed by atoms with E-state index in [0.717, 1.165) is 12.0 Å². The number of aliphatic imine (C=N–C) groups is 1. The summed E-state index contributed by atoms with van der Waals surface area (Å²) in [4.78, 5) is 16.7. The van der Waals surface area contributed by atoms with Crippen LogP contribution in [-0.4, -0.2) is 24.6 Å². The highest BCUT2D eigenvalue weighted by Crippen LogP contribution is 2.05. The van der Waals surface area contributed by atoms with Gasteiger partial charge in [-0.15, -0.1) is 0 Å². The number of hydrogen-bond donors (Lipinski definition) is 1. The van der Waals surface area contributed by atoms with E-state index in [2.05, 4.69) is 31.1 Å². The van der Waals surface area contributed by atoms with Crippen molar-refractivity contribution < 1.29 is 9.53 Å². The van der Waals surface area contributed by atoms with Crippen molar-refractivity contribution in [2.45, 2.75) is 47.1 Å². The van der Waals surface area contributed by atoms with Gasteiger partial charge in [-0.25, -0.2) is 4.99 Å². The van der Waals surface area contributed by atoms with Crippen molar-refractivity contribution >= 4 is 11.9 Å². The fraction of sp³-hybridized carbons (Fsp3) is 0.529. The average molecular weight is 290 g/mol. The molecule has 0 aliphatic rings. The molecule has 1 aromatic rings. The summed E-state index contributed by atoms with van der Waals surface area (Å²) >= 11 is 0. The molecule has 1 N–H and O–H groups in total. The minimum Gasteiger partial charge on any atom is -0.465 e. The summed E-state index contributed by atoms with van der Waals surface area (Å²) in [6, 6.07) is 7.88. The predicted octanol–water partition coefficient (Wildman–Crippen LogP) is 3.55. The molecule has 0 aromatic heterocycles.